The van der Waals surface area contributed by atoms with Gasteiger partial charge in [0.15, 0.2) is 6.29 Å². The second kappa shape index (κ2) is 6.91. The van der Waals surface area contributed by atoms with Crippen molar-refractivity contribution >= 4 is 0 Å². The van der Waals surface area contributed by atoms with Crippen molar-refractivity contribution in [2.24, 2.45) is 0 Å². The molecule has 98 valence electrons. The highest BCUT2D eigenvalue weighted by Crippen LogP contribution is 2.21. The van der Waals surface area contributed by atoms with Gasteiger partial charge in [-0.05, 0) is 6.42 Å². The Balaban J connectivity index is 2.45. The van der Waals surface area contributed by atoms with E-state index in [0.717, 1.165) is 0 Å². The van der Waals surface area contributed by atoms with E-state index >= 15 is 0 Å². The first-order valence-electron chi connectivity index (χ1n) is 5.47. The van der Waals surface area contributed by atoms with Crippen molar-refractivity contribution in [3.05, 3.63) is 0 Å². The van der Waals surface area contributed by atoms with E-state index in [1.165, 1.54) is 0 Å². The Kier molecular flexibility index (Phi) is 5.85. The number of aliphatic hydroxyl groups is 4. The van der Waals surface area contributed by atoms with Gasteiger partial charge in [0, 0.05) is 6.42 Å². The minimum atomic E-state index is -1.40. The zero-order chi connectivity index (χ0) is 12.8. The van der Waals surface area contributed by atoms with E-state index in [2.05, 4.69) is 5.92 Å². The van der Waals surface area contributed by atoms with Crippen LogP contribution in [-0.4, -0.2) is 64.3 Å². The average molecular weight is 246 g/mol. The molecule has 5 unspecified atom stereocenters. The molecule has 5 atom stereocenters. The minimum absolute atomic E-state index is 0.271. The lowest BCUT2D eigenvalue weighted by Crippen LogP contribution is -2.59. The molecular formula is C11H18O6. The Morgan fingerprint density at radius 3 is 2.47 bits per heavy atom. The van der Waals surface area contributed by atoms with Crippen LogP contribution < -0.4 is 0 Å². The fraction of sp³-hybridized carbons (Fsp3) is 0.818. The third-order valence-electron chi connectivity index (χ3n) is 2.60. The van der Waals surface area contributed by atoms with Crippen LogP contribution in [0.4, 0.5) is 0 Å². The Bertz CT molecular complexity index is 261. The van der Waals surface area contributed by atoms with Gasteiger partial charge in [0.05, 0.1) is 13.2 Å². The van der Waals surface area contributed by atoms with Crippen LogP contribution in [0.15, 0.2) is 0 Å². The van der Waals surface area contributed by atoms with Crippen molar-refractivity contribution in [2.75, 3.05) is 13.2 Å². The summed E-state index contributed by atoms with van der Waals surface area (Å²) in [5.74, 6) is 2.44. The smallest absolute Gasteiger partial charge is 0.186 e. The van der Waals surface area contributed by atoms with Crippen LogP contribution in [0.2, 0.25) is 0 Å². The summed E-state index contributed by atoms with van der Waals surface area (Å²) in [7, 11) is 0. The maximum atomic E-state index is 9.60. The molecule has 0 radical (unpaired) electrons. The van der Waals surface area contributed by atoms with Crippen molar-refractivity contribution in [3.8, 4) is 12.3 Å². The summed E-state index contributed by atoms with van der Waals surface area (Å²) in [6.45, 7) is -0.192. The van der Waals surface area contributed by atoms with E-state index in [1.54, 1.807) is 0 Å². The van der Waals surface area contributed by atoms with Gasteiger partial charge in [0.25, 0.3) is 0 Å². The van der Waals surface area contributed by atoms with Crippen molar-refractivity contribution in [3.63, 3.8) is 0 Å². The molecule has 0 saturated carbocycles. The van der Waals surface area contributed by atoms with Gasteiger partial charge < -0.3 is 29.9 Å². The number of aliphatic hydroxyl groups excluding tert-OH is 4. The highest BCUT2D eigenvalue weighted by atomic mass is 16.7. The van der Waals surface area contributed by atoms with Crippen molar-refractivity contribution < 1.29 is 29.9 Å². The highest BCUT2D eigenvalue weighted by Gasteiger charge is 2.43. The average Bonchev–Trinajstić information content (AvgIpc) is 2.34. The van der Waals surface area contributed by atoms with Gasteiger partial charge in [-0.2, -0.15) is 0 Å². The summed E-state index contributed by atoms with van der Waals surface area (Å²) in [6, 6.07) is 0. The van der Waals surface area contributed by atoms with E-state index in [-0.39, 0.29) is 6.61 Å². The van der Waals surface area contributed by atoms with Crippen LogP contribution in [0.3, 0.4) is 0 Å². The normalized spacial score (nSPS) is 37.7. The number of terminal acetylenes is 1. The van der Waals surface area contributed by atoms with Gasteiger partial charge in [-0.15, -0.1) is 12.3 Å². The quantitative estimate of drug-likeness (QED) is 0.338. The van der Waals surface area contributed by atoms with E-state index in [4.69, 9.17) is 21.0 Å². The molecule has 6 heteroatoms. The predicted molar refractivity (Wildman–Crippen MR) is 57.8 cm³/mol. The molecule has 0 amide bonds. The first kappa shape index (κ1) is 14.4. The van der Waals surface area contributed by atoms with E-state index < -0.39 is 37.3 Å². The lowest BCUT2D eigenvalue weighted by atomic mass is 9.99. The molecule has 6 nitrogen and oxygen atoms in total. The first-order valence-corrected chi connectivity index (χ1v) is 5.47. The number of ether oxygens (including phenoxy) is 2. The third-order valence-corrected chi connectivity index (χ3v) is 2.60. The summed E-state index contributed by atoms with van der Waals surface area (Å²) in [5.41, 5.74) is 0. The number of unbranched alkanes of at least 4 members (excludes halogenated alkanes) is 1. The fourth-order valence-corrected chi connectivity index (χ4v) is 1.58. The van der Waals surface area contributed by atoms with E-state index in [0.29, 0.717) is 12.8 Å². The van der Waals surface area contributed by atoms with Gasteiger partial charge in [0.2, 0.25) is 0 Å². The van der Waals surface area contributed by atoms with Crippen molar-refractivity contribution in [2.45, 2.75) is 43.5 Å². The lowest BCUT2D eigenvalue weighted by molar-refractivity contribution is -0.301. The van der Waals surface area contributed by atoms with Crippen molar-refractivity contribution in [1.82, 2.24) is 0 Å². The molecule has 1 fully saturated rings. The summed E-state index contributed by atoms with van der Waals surface area (Å²) >= 11 is 0. The molecule has 0 bridgehead atoms. The van der Waals surface area contributed by atoms with Crippen LogP contribution >= 0.6 is 0 Å². The van der Waals surface area contributed by atoms with Gasteiger partial charge in [-0.1, -0.05) is 0 Å². The minimum Gasteiger partial charge on any atom is -0.394 e. The molecule has 0 aromatic rings. The SMILES string of the molecule is C#CCCCOC1OC(CO)C(O)C(O)C1O. The van der Waals surface area contributed by atoms with Crippen LogP contribution in [-0.2, 0) is 9.47 Å². The predicted octanol–water partition coefficient (Wildman–Crippen LogP) is -1.78. The molecule has 0 aromatic carbocycles. The van der Waals surface area contributed by atoms with Gasteiger partial charge >= 0.3 is 0 Å². The topological polar surface area (TPSA) is 99.4 Å². The Labute approximate surface area is 99.8 Å². The largest absolute Gasteiger partial charge is 0.394 e. The Morgan fingerprint density at radius 1 is 1.18 bits per heavy atom. The van der Waals surface area contributed by atoms with Gasteiger partial charge in [-0.3, -0.25) is 0 Å². The second-order valence-electron chi connectivity index (χ2n) is 3.88. The molecule has 0 spiro atoms. The molecule has 0 aliphatic carbocycles. The van der Waals surface area contributed by atoms with Crippen LogP contribution in [0.1, 0.15) is 12.8 Å². The molecular weight excluding hydrogens is 228 g/mol. The van der Waals surface area contributed by atoms with Gasteiger partial charge in [-0.25, -0.2) is 0 Å². The number of hydrogen-bond acceptors (Lipinski definition) is 6. The number of rotatable bonds is 5. The number of hydrogen-bond donors (Lipinski definition) is 4. The molecule has 4 N–H and O–H groups in total. The summed E-state index contributed by atoms with van der Waals surface area (Å²) in [4.78, 5) is 0. The first-order chi connectivity index (χ1) is 8.11. The molecule has 1 heterocycles. The van der Waals surface area contributed by atoms with Gasteiger partial charge in [0.1, 0.15) is 24.4 Å². The summed E-state index contributed by atoms with van der Waals surface area (Å²) in [6.07, 6.45) is 0.0899. The summed E-state index contributed by atoms with van der Waals surface area (Å²) < 4.78 is 10.3. The zero-order valence-corrected chi connectivity index (χ0v) is 9.40. The maximum absolute atomic E-state index is 9.60. The standard InChI is InChI=1S/C11H18O6/c1-2-3-4-5-16-11-10(15)9(14)8(13)7(6-12)17-11/h1,7-15H,3-6H2. The molecule has 0 aromatic heterocycles. The molecule has 17 heavy (non-hydrogen) atoms. The Hall–Kier alpha value is -0.680. The summed E-state index contributed by atoms with van der Waals surface area (Å²) in [5, 5.41) is 37.5. The van der Waals surface area contributed by atoms with Crippen LogP contribution in [0, 0.1) is 12.3 Å². The molecule has 1 aliphatic heterocycles. The second-order valence-corrected chi connectivity index (χ2v) is 3.88. The Morgan fingerprint density at radius 2 is 1.88 bits per heavy atom. The maximum Gasteiger partial charge on any atom is 0.186 e. The van der Waals surface area contributed by atoms with Crippen LogP contribution in [0.5, 0.6) is 0 Å². The fourth-order valence-electron chi connectivity index (χ4n) is 1.58. The van der Waals surface area contributed by atoms with Crippen molar-refractivity contribution in [1.29, 1.82) is 0 Å². The van der Waals surface area contributed by atoms with E-state index in [1.807, 2.05) is 0 Å². The van der Waals surface area contributed by atoms with Crippen LogP contribution in [0.25, 0.3) is 0 Å². The molecule has 1 saturated heterocycles. The molecule has 1 rings (SSSR count). The molecule has 1 aliphatic rings. The monoisotopic (exact) mass is 246 g/mol. The lowest BCUT2D eigenvalue weighted by Gasteiger charge is -2.39. The zero-order valence-electron chi connectivity index (χ0n) is 9.40. The highest BCUT2D eigenvalue weighted by molar-refractivity contribution is 4.89. The van der Waals surface area contributed by atoms with E-state index in [9.17, 15) is 15.3 Å². The third kappa shape index (κ3) is 3.64.